The minimum atomic E-state index is -5.02. The van der Waals surface area contributed by atoms with Crippen LogP contribution in [0.1, 0.15) is 12.8 Å². The third-order valence-corrected chi connectivity index (χ3v) is 5.04. The number of amides is 2. The minimum absolute atomic E-state index is 0.0190. The van der Waals surface area contributed by atoms with E-state index in [2.05, 4.69) is 5.32 Å². The van der Waals surface area contributed by atoms with Crippen molar-refractivity contribution in [3.05, 3.63) is 52.6 Å². The van der Waals surface area contributed by atoms with Crippen LogP contribution in [0.25, 0.3) is 0 Å². The first-order chi connectivity index (χ1) is 13.8. The van der Waals surface area contributed by atoms with Crippen LogP contribution in [0.15, 0.2) is 47.6 Å². The van der Waals surface area contributed by atoms with E-state index in [4.69, 9.17) is 11.6 Å². The number of benzene rings is 1. The number of alkyl halides is 6. The van der Waals surface area contributed by atoms with Crippen LogP contribution in [0.4, 0.5) is 32.0 Å². The summed E-state index contributed by atoms with van der Waals surface area (Å²) in [4.78, 5) is 26.0. The number of carbonyl (C=O) groups is 2. The Labute approximate surface area is 172 Å². The van der Waals surface area contributed by atoms with Gasteiger partial charge in [-0.05, 0) is 36.8 Å². The molecule has 1 aliphatic heterocycles. The number of anilines is 1. The van der Waals surface area contributed by atoms with Gasteiger partial charge in [0.1, 0.15) is 0 Å². The van der Waals surface area contributed by atoms with E-state index in [-0.39, 0.29) is 24.9 Å². The highest BCUT2D eigenvalue weighted by Crippen LogP contribution is 2.40. The van der Waals surface area contributed by atoms with Crippen molar-refractivity contribution in [3.8, 4) is 0 Å². The average molecular weight is 453 g/mol. The number of nitrogens with one attached hydrogen (secondary N) is 1. The summed E-state index contributed by atoms with van der Waals surface area (Å²) in [5.74, 6) is -2.99. The predicted molar refractivity (Wildman–Crippen MR) is 96.7 cm³/mol. The Bertz CT molecular complexity index is 905. The Hall–Kier alpha value is -2.49. The largest absolute Gasteiger partial charge is 0.416 e. The summed E-state index contributed by atoms with van der Waals surface area (Å²) in [5, 5.41) is 2.85. The lowest BCUT2D eigenvalue weighted by atomic mass is 9.88. The Morgan fingerprint density at radius 1 is 1.03 bits per heavy atom. The summed E-state index contributed by atoms with van der Waals surface area (Å²) in [6.45, 7) is 0.0384. The van der Waals surface area contributed by atoms with Gasteiger partial charge >= 0.3 is 12.4 Å². The standard InChI is InChI=1S/C19H15ClF6N2O2/c20-13-1-3-15(4-2-13)28-9-14(8-16(28)29)27-17(30)10-5-11(18(21,22)23)7-12(6-10)19(24,25)26/h1-5,7,10,14H,6,8-9H2,(H,27,30). The molecule has 4 nitrogen and oxygen atoms in total. The number of halogens is 7. The van der Waals surface area contributed by atoms with E-state index in [0.29, 0.717) is 16.8 Å². The van der Waals surface area contributed by atoms with Gasteiger partial charge in [0.05, 0.1) is 17.5 Å². The second-order valence-electron chi connectivity index (χ2n) is 6.99. The maximum absolute atomic E-state index is 13.0. The van der Waals surface area contributed by atoms with Gasteiger partial charge in [-0.25, -0.2) is 0 Å². The highest BCUT2D eigenvalue weighted by Gasteiger charge is 2.43. The molecular weight excluding hydrogens is 438 g/mol. The predicted octanol–water partition coefficient (Wildman–Crippen LogP) is 4.56. The van der Waals surface area contributed by atoms with E-state index >= 15 is 0 Å². The molecule has 0 aromatic heterocycles. The van der Waals surface area contributed by atoms with Gasteiger partial charge < -0.3 is 10.2 Å². The third-order valence-electron chi connectivity index (χ3n) is 4.79. The fraction of sp³-hybridized carbons (Fsp3) is 0.368. The zero-order valence-corrected chi connectivity index (χ0v) is 15.9. The lowest BCUT2D eigenvalue weighted by Crippen LogP contribution is -2.41. The zero-order valence-electron chi connectivity index (χ0n) is 15.1. The quantitative estimate of drug-likeness (QED) is 0.684. The van der Waals surface area contributed by atoms with Crippen molar-refractivity contribution in [3.63, 3.8) is 0 Å². The maximum Gasteiger partial charge on any atom is 0.416 e. The molecule has 162 valence electrons. The molecule has 1 heterocycles. The van der Waals surface area contributed by atoms with Crippen molar-refractivity contribution in [2.45, 2.75) is 31.2 Å². The van der Waals surface area contributed by atoms with Crippen molar-refractivity contribution in [2.24, 2.45) is 5.92 Å². The fourth-order valence-corrected chi connectivity index (χ4v) is 3.46. The summed E-state index contributed by atoms with van der Waals surface area (Å²) in [5.41, 5.74) is -2.44. The van der Waals surface area contributed by atoms with Crippen molar-refractivity contribution >= 4 is 29.1 Å². The Balaban J connectivity index is 1.72. The number of nitrogens with zero attached hydrogens (tertiary/aromatic N) is 1. The smallest absolute Gasteiger partial charge is 0.351 e. The molecule has 2 atom stereocenters. The van der Waals surface area contributed by atoms with Crippen LogP contribution >= 0.6 is 11.6 Å². The fourth-order valence-electron chi connectivity index (χ4n) is 3.33. The number of rotatable bonds is 3. The molecule has 0 bridgehead atoms. The van der Waals surface area contributed by atoms with E-state index in [1.165, 1.54) is 4.90 Å². The molecule has 0 radical (unpaired) electrons. The molecule has 1 N–H and O–H groups in total. The molecule has 1 aliphatic carbocycles. The van der Waals surface area contributed by atoms with Crippen LogP contribution in [0.3, 0.4) is 0 Å². The number of hydrogen-bond donors (Lipinski definition) is 1. The van der Waals surface area contributed by atoms with Crippen molar-refractivity contribution in [2.75, 3.05) is 11.4 Å². The monoisotopic (exact) mass is 452 g/mol. The molecule has 30 heavy (non-hydrogen) atoms. The SMILES string of the molecule is O=C(NC1CC(=O)N(c2ccc(Cl)cc2)C1)C1C=C(C(F)(F)F)C=C(C(F)(F)F)C1. The van der Waals surface area contributed by atoms with E-state index < -0.39 is 47.8 Å². The average Bonchev–Trinajstić information content (AvgIpc) is 3.00. The van der Waals surface area contributed by atoms with Crippen LogP contribution in [0, 0.1) is 5.92 Å². The topological polar surface area (TPSA) is 49.4 Å². The molecule has 1 aromatic carbocycles. The molecule has 2 aliphatic rings. The van der Waals surface area contributed by atoms with Gasteiger partial charge in [0.25, 0.3) is 0 Å². The van der Waals surface area contributed by atoms with Gasteiger partial charge in [-0.1, -0.05) is 17.7 Å². The summed E-state index contributed by atoms with van der Waals surface area (Å²) in [7, 11) is 0. The third kappa shape index (κ3) is 4.97. The summed E-state index contributed by atoms with van der Waals surface area (Å²) in [6, 6.07) is 5.55. The summed E-state index contributed by atoms with van der Waals surface area (Å²) in [6.07, 6.45) is -10.5. The zero-order chi connectivity index (χ0) is 22.3. The van der Waals surface area contributed by atoms with Gasteiger partial charge in [0.15, 0.2) is 0 Å². The first-order valence-electron chi connectivity index (χ1n) is 8.77. The van der Waals surface area contributed by atoms with Crippen LogP contribution in [0.5, 0.6) is 0 Å². The molecule has 0 saturated carbocycles. The minimum Gasteiger partial charge on any atom is -0.351 e. The number of hydrogen-bond acceptors (Lipinski definition) is 2. The molecule has 3 rings (SSSR count). The van der Waals surface area contributed by atoms with E-state index in [0.717, 1.165) is 0 Å². The molecule has 0 spiro atoms. The van der Waals surface area contributed by atoms with Crippen LogP contribution in [0.2, 0.25) is 5.02 Å². The molecule has 11 heteroatoms. The van der Waals surface area contributed by atoms with Gasteiger partial charge in [0.2, 0.25) is 11.8 Å². The van der Waals surface area contributed by atoms with Crippen molar-refractivity contribution in [1.82, 2.24) is 5.32 Å². The molecule has 2 amide bonds. The normalized spacial score (nSPS) is 22.6. The first kappa shape index (κ1) is 22.2. The van der Waals surface area contributed by atoms with Gasteiger partial charge in [-0.15, -0.1) is 0 Å². The Kier molecular flexibility index (Phi) is 5.90. The molecule has 1 saturated heterocycles. The maximum atomic E-state index is 13.0. The lowest BCUT2D eigenvalue weighted by molar-refractivity contribution is -0.125. The summed E-state index contributed by atoms with van der Waals surface area (Å²) >= 11 is 5.80. The van der Waals surface area contributed by atoms with E-state index in [1.807, 2.05) is 0 Å². The molecule has 1 fully saturated rings. The Morgan fingerprint density at radius 3 is 2.23 bits per heavy atom. The van der Waals surface area contributed by atoms with Gasteiger partial charge in [-0.2, -0.15) is 26.3 Å². The summed E-state index contributed by atoms with van der Waals surface area (Å²) < 4.78 is 78.0. The molecule has 2 unspecified atom stereocenters. The van der Waals surface area contributed by atoms with Crippen LogP contribution in [-0.2, 0) is 9.59 Å². The van der Waals surface area contributed by atoms with Gasteiger partial charge in [0, 0.05) is 29.2 Å². The number of allylic oxidation sites excluding steroid dienone is 3. The van der Waals surface area contributed by atoms with E-state index in [1.54, 1.807) is 24.3 Å². The second kappa shape index (κ2) is 7.98. The highest BCUT2D eigenvalue weighted by atomic mass is 35.5. The van der Waals surface area contributed by atoms with Crippen LogP contribution in [-0.4, -0.2) is 36.8 Å². The Morgan fingerprint density at radius 2 is 1.67 bits per heavy atom. The van der Waals surface area contributed by atoms with Crippen LogP contribution < -0.4 is 10.2 Å². The van der Waals surface area contributed by atoms with Crippen molar-refractivity contribution < 1.29 is 35.9 Å². The molecule has 1 aromatic rings. The van der Waals surface area contributed by atoms with Gasteiger partial charge in [-0.3, -0.25) is 9.59 Å². The lowest BCUT2D eigenvalue weighted by Gasteiger charge is -2.25. The van der Waals surface area contributed by atoms with E-state index in [9.17, 15) is 35.9 Å². The van der Waals surface area contributed by atoms with Crippen molar-refractivity contribution in [1.29, 1.82) is 0 Å². The molecular formula is C19H15ClF6N2O2. The number of carbonyl (C=O) groups excluding carboxylic acids is 2. The highest BCUT2D eigenvalue weighted by molar-refractivity contribution is 6.30. The first-order valence-corrected chi connectivity index (χ1v) is 9.15. The second-order valence-corrected chi connectivity index (χ2v) is 7.42.